The molecule has 6 nitrogen and oxygen atoms in total. The molecule has 2 amide bonds. The number of carbonyl (C=O) groups excluding carboxylic acids is 2. The molecule has 1 heterocycles. The number of rotatable bonds is 6. The molecule has 0 spiro atoms. The Morgan fingerprint density at radius 1 is 0.971 bits per heavy atom. The summed E-state index contributed by atoms with van der Waals surface area (Å²) in [4.78, 5) is 28.3. The highest BCUT2D eigenvalue weighted by Crippen LogP contribution is 2.30. The van der Waals surface area contributed by atoms with E-state index >= 15 is 0 Å². The number of amides is 2. The average molecular weight is 476 g/mol. The Morgan fingerprint density at radius 2 is 1.65 bits per heavy atom. The fraction of sp³-hybridized carbons (Fsp3) is 0.360. The number of carbonyl (C=O) groups is 2. The summed E-state index contributed by atoms with van der Waals surface area (Å²) >= 11 is 0. The van der Waals surface area contributed by atoms with Crippen LogP contribution in [0, 0.1) is 0 Å². The molecule has 1 aliphatic rings. The van der Waals surface area contributed by atoms with Gasteiger partial charge in [0, 0.05) is 37.8 Å². The van der Waals surface area contributed by atoms with Crippen LogP contribution in [0.5, 0.6) is 11.5 Å². The van der Waals surface area contributed by atoms with Crippen LogP contribution in [-0.2, 0) is 11.0 Å². The second-order valence-electron chi connectivity index (χ2n) is 8.11. The van der Waals surface area contributed by atoms with Crippen LogP contribution in [0.25, 0.3) is 6.08 Å². The molecule has 0 atom stereocenters. The third kappa shape index (κ3) is 6.30. The van der Waals surface area contributed by atoms with E-state index in [2.05, 4.69) is 0 Å². The zero-order chi connectivity index (χ0) is 24.9. The van der Waals surface area contributed by atoms with Gasteiger partial charge in [-0.3, -0.25) is 9.59 Å². The fourth-order valence-corrected chi connectivity index (χ4v) is 3.55. The minimum absolute atomic E-state index is 0.00370. The van der Waals surface area contributed by atoms with E-state index < -0.39 is 17.6 Å². The van der Waals surface area contributed by atoms with Crippen molar-refractivity contribution in [1.82, 2.24) is 9.80 Å². The van der Waals surface area contributed by atoms with Crippen molar-refractivity contribution in [2.75, 3.05) is 33.3 Å². The lowest BCUT2D eigenvalue weighted by atomic mass is 10.1. The zero-order valence-electron chi connectivity index (χ0n) is 19.3. The van der Waals surface area contributed by atoms with E-state index in [4.69, 9.17) is 9.47 Å². The Bertz CT molecular complexity index is 1060. The molecule has 0 bridgehead atoms. The number of hydrogen-bond acceptors (Lipinski definition) is 4. The lowest BCUT2D eigenvalue weighted by molar-refractivity contribution is -0.137. The first-order valence-electron chi connectivity index (χ1n) is 10.9. The molecule has 0 radical (unpaired) electrons. The van der Waals surface area contributed by atoms with Crippen LogP contribution in [0.3, 0.4) is 0 Å². The minimum atomic E-state index is -4.51. The van der Waals surface area contributed by atoms with Crippen molar-refractivity contribution >= 4 is 17.9 Å². The van der Waals surface area contributed by atoms with Crippen LogP contribution in [0.2, 0.25) is 0 Å². The number of ether oxygens (including phenoxy) is 2. The van der Waals surface area contributed by atoms with Crippen molar-refractivity contribution in [1.29, 1.82) is 0 Å². The van der Waals surface area contributed by atoms with E-state index in [1.807, 2.05) is 19.9 Å². The third-order valence-electron chi connectivity index (χ3n) is 5.28. The van der Waals surface area contributed by atoms with E-state index in [-0.39, 0.29) is 30.7 Å². The summed E-state index contributed by atoms with van der Waals surface area (Å²) in [5, 5.41) is 0. The average Bonchev–Trinajstić information content (AvgIpc) is 2.82. The van der Waals surface area contributed by atoms with Gasteiger partial charge >= 0.3 is 6.18 Å². The summed E-state index contributed by atoms with van der Waals surface area (Å²) in [7, 11) is 1.54. The van der Waals surface area contributed by atoms with E-state index in [1.165, 1.54) is 23.1 Å². The number of alkyl halides is 3. The van der Waals surface area contributed by atoms with Gasteiger partial charge in [0.1, 0.15) is 0 Å². The first-order valence-corrected chi connectivity index (χ1v) is 10.9. The maximum absolute atomic E-state index is 12.9. The third-order valence-corrected chi connectivity index (χ3v) is 5.28. The standard InChI is InChI=1S/C25H27F3N2O4/c1-17(2)34-21-9-7-18(15-22(21)33-3)8-10-23(31)29-11-13-30(14-12-29)24(32)19-5-4-6-20(16-19)25(26,27)28/h4-10,15-17H,11-14H2,1-3H3. The molecule has 182 valence electrons. The van der Waals surface area contributed by atoms with Crippen LogP contribution in [0.15, 0.2) is 48.5 Å². The predicted molar refractivity (Wildman–Crippen MR) is 122 cm³/mol. The second-order valence-corrected chi connectivity index (χ2v) is 8.11. The number of halogens is 3. The molecule has 34 heavy (non-hydrogen) atoms. The van der Waals surface area contributed by atoms with Crippen LogP contribution >= 0.6 is 0 Å². The number of benzene rings is 2. The van der Waals surface area contributed by atoms with Crippen molar-refractivity contribution in [3.8, 4) is 11.5 Å². The first-order chi connectivity index (χ1) is 16.1. The predicted octanol–water partition coefficient (Wildman–Crippen LogP) is 4.50. The van der Waals surface area contributed by atoms with Gasteiger partial charge in [-0.15, -0.1) is 0 Å². The van der Waals surface area contributed by atoms with Gasteiger partial charge < -0.3 is 19.3 Å². The molecule has 9 heteroatoms. The molecule has 0 aromatic heterocycles. The monoisotopic (exact) mass is 476 g/mol. The molecule has 0 unspecified atom stereocenters. The highest BCUT2D eigenvalue weighted by molar-refractivity contribution is 5.95. The Morgan fingerprint density at radius 3 is 2.26 bits per heavy atom. The molecule has 0 aliphatic carbocycles. The van der Waals surface area contributed by atoms with Gasteiger partial charge in [0.15, 0.2) is 11.5 Å². The topological polar surface area (TPSA) is 59.1 Å². The summed E-state index contributed by atoms with van der Waals surface area (Å²) in [6.45, 7) is 4.89. The zero-order valence-corrected chi connectivity index (χ0v) is 19.3. The molecular weight excluding hydrogens is 449 g/mol. The Balaban J connectivity index is 1.58. The van der Waals surface area contributed by atoms with E-state index in [9.17, 15) is 22.8 Å². The maximum Gasteiger partial charge on any atom is 0.416 e. The lowest BCUT2D eigenvalue weighted by Crippen LogP contribution is -2.50. The molecular formula is C25H27F3N2O4. The molecule has 1 saturated heterocycles. The van der Waals surface area contributed by atoms with Crippen LogP contribution in [0.1, 0.15) is 35.3 Å². The van der Waals surface area contributed by atoms with E-state index in [0.717, 1.165) is 17.7 Å². The van der Waals surface area contributed by atoms with Crippen LogP contribution < -0.4 is 9.47 Å². The van der Waals surface area contributed by atoms with Crippen LogP contribution in [-0.4, -0.2) is 61.0 Å². The number of nitrogens with zero attached hydrogens (tertiary/aromatic N) is 2. The summed E-state index contributed by atoms with van der Waals surface area (Å²) in [5.74, 6) is 0.477. The van der Waals surface area contributed by atoms with Crippen molar-refractivity contribution in [3.05, 3.63) is 65.2 Å². The number of methoxy groups -OCH3 is 1. The van der Waals surface area contributed by atoms with Gasteiger partial charge in [0.25, 0.3) is 5.91 Å². The minimum Gasteiger partial charge on any atom is -0.493 e. The molecule has 1 fully saturated rings. The van der Waals surface area contributed by atoms with Crippen LogP contribution in [0.4, 0.5) is 13.2 Å². The lowest BCUT2D eigenvalue weighted by Gasteiger charge is -2.34. The SMILES string of the molecule is COc1cc(C=CC(=O)N2CCN(C(=O)c3cccc(C(F)(F)F)c3)CC2)ccc1OC(C)C. The number of hydrogen-bond donors (Lipinski definition) is 0. The fourth-order valence-electron chi connectivity index (χ4n) is 3.55. The Kier molecular flexibility index (Phi) is 7.86. The van der Waals surface area contributed by atoms with Gasteiger partial charge in [0.05, 0.1) is 18.8 Å². The highest BCUT2D eigenvalue weighted by atomic mass is 19.4. The molecule has 3 rings (SSSR count). The van der Waals surface area contributed by atoms with Gasteiger partial charge in [-0.05, 0) is 55.8 Å². The second kappa shape index (κ2) is 10.6. The summed E-state index contributed by atoms with van der Waals surface area (Å²) in [6, 6.07) is 9.74. The maximum atomic E-state index is 12.9. The van der Waals surface area contributed by atoms with E-state index in [0.29, 0.717) is 24.6 Å². The van der Waals surface area contributed by atoms with Crippen molar-refractivity contribution in [2.45, 2.75) is 26.1 Å². The largest absolute Gasteiger partial charge is 0.493 e. The molecule has 0 N–H and O–H groups in total. The summed E-state index contributed by atoms with van der Waals surface area (Å²) in [5.41, 5.74) is -0.120. The highest BCUT2D eigenvalue weighted by Gasteiger charge is 2.32. The molecule has 1 aliphatic heterocycles. The normalized spacial score (nSPS) is 14.6. The quantitative estimate of drug-likeness (QED) is 0.576. The Hall–Kier alpha value is -3.49. The van der Waals surface area contributed by atoms with E-state index in [1.54, 1.807) is 30.2 Å². The molecule has 2 aromatic rings. The number of piperazine rings is 1. The van der Waals surface area contributed by atoms with Crippen molar-refractivity contribution < 1.29 is 32.2 Å². The summed E-state index contributed by atoms with van der Waals surface area (Å²) < 4.78 is 49.8. The molecule has 2 aromatic carbocycles. The first kappa shape index (κ1) is 25.1. The summed E-state index contributed by atoms with van der Waals surface area (Å²) in [6.07, 6.45) is -1.40. The van der Waals surface area contributed by atoms with Gasteiger partial charge in [-0.25, -0.2) is 0 Å². The van der Waals surface area contributed by atoms with Gasteiger partial charge in [0.2, 0.25) is 5.91 Å². The smallest absolute Gasteiger partial charge is 0.416 e. The van der Waals surface area contributed by atoms with Crippen molar-refractivity contribution in [3.63, 3.8) is 0 Å². The van der Waals surface area contributed by atoms with Gasteiger partial charge in [-0.2, -0.15) is 13.2 Å². The molecule has 0 saturated carbocycles. The van der Waals surface area contributed by atoms with Gasteiger partial charge in [-0.1, -0.05) is 12.1 Å². The van der Waals surface area contributed by atoms with Crippen molar-refractivity contribution in [2.24, 2.45) is 0 Å². The Labute approximate surface area is 196 Å².